The Morgan fingerprint density at radius 2 is 1.73 bits per heavy atom. The molecule has 0 saturated carbocycles. The summed E-state index contributed by atoms with van der Waals surface area (Å²) in [5.41, 5.74) is 2.43. The summed E-state index contributed by atoms with van der Waals surface area (Å²) < 4.78 is 10.6. The Bertz CT molecular complexity index is 850. The average Bonchev–Trinajstić information content (AvgIpc) is 2.66. The number of amides is 2. The van der Waals surface area contributed by atoms with E-state index in [2.05, 4.69) is 5.32 Å². The van der Waals surface area contributed by atoms with E-state index < -0.39 is 5.97 Å². The third kappa shape index (κ3) is 3.42. The van der Waals surface area contributed by atoms with Crippen LogP contribution in [0.2, 0.25) is 0 Å². The quantitative estimate of drug-likeness (QED) is 0.879. The molecule has 26 heavy (non-hydrogen) atoms. The van der Waals surface area contributed by atoms with Gasteiger partial charge >= 0.3 is 12.0 Å². The van der Waals surface area contributed by atoms with Crippen molar-refractivity contribution in [2.75, 3.05) is 26.1 Å². The van der Waals surface area contributed by atoms with Crippen molar-refractivity contribution in [1.82, 2.24) is 4.90 Å². The molecule has 1 aliphatic heterocycles. The molecule has 0 unspecified atom stereocenters. The fraction of sp³-hybridized carbons (Fsp3) is 0.263. The predicted octanol–water partition coefficient (Wildman–Crippen LogP) is 2.99. The number of carboxylic acids is 1. The van der Waals surface area contributed by atoms with Gasteiger partial charge in [-0.25, -0.2) is 9.59 Å². The fourth-order valence-corrected chi connectivity index (χ4v) is 3.03. The van der Waals surface area contributed by atoms with Crippen LogP contribution < -0.4 is 14.8 Å². The highest BCUT2D eigenvalue weighted by atomic mass is 16.5. The van der Waals surface area contributed by atoms with Crippen LogP contribution in [-0.2, 0) is 13.0 Å². The lowest BCUT2D eigenvalue weighted by atomic mass is 9.99. The van der Waals surface area contributed by atoms with Gasteiger partial charge < -0.3 is 24.8 Å². The number of aromatic carboxylic acids is 1. The SMILES string of the molecule is COc1cc2c(cc1OC)CN(C(=O)Nc1ccccc1C(=O)O)CC2. The molecule has 7 heteroatoms. The van der Waals surface area contributed by atoms with E-state index in [1.807, 2.05) is 12.1 Å². The van der Waals surface area contributed by atoms with Gasteiger partial charge in [0.2, 0.25) is 0 Å². The van der Waals surface area contributed by atoms with Crippen LogP contribution in [0.15, 0.2) is 36.4 Å². The molecule has 2 aromatic rings. The summed E-state index contributed by atoms with van der Waals surface area (Å²) in [6, 6.07) is 9.81. The Labute approximate surface area is 151 Å². The Hall–Kier alpha value is -3.22. The molecule has 0 bridgehead atoms. The van der Waals surface area contributed by atoms with Crippen LogP contribution in [0.4, 0.5) is 10.5 Å². The van der Waals surface area contributed by atoms with Crippen molar-refractivity contribution in [3.8, 4) is 11.5 Å². The average molecular weight is 356 g/mol. The molecule has 0 aromatic heterocycles. The maximum atomic E-state index is 12.6. The van der Waals surface area contributed by atoms with Crippen LogP contribution in [-0.4, -0.2) is 42.8 Å². The Balaban J connectivity index is 1.78. The molecular formula is C19H20N2O5. The first-order valence-corrected chi connectivity index (χ1v) is 8.15. The van der Waals surface area contributed by atoms with Crippen LogP contribution in [0, 0.1) is 0 Å². The van der Waals surface area contributed by atoms with E-state index in [4.69, 9.17) is 9.47 Å². The van der Waals surface area contributed by atoms with Crippen molar-refractivity contribution in [3.63, 3.8) is 0 Å². The molecule has 2 amide bonds. The number of ether oxygens (including phenoxy) is 2. The molecule has 136 valence electrons. The number of carbonyl (C=O) groups excluding carboxylic acids is 1. The minimum atomic E-state index is -1.08. The van der Waals surface area contributed by atoms with Gasteiger partial charge in [-0.2, -0.15) is 0 Å². The third-order valence-corrected chi connectivity index (χ3v) is 4.40. The van der Waals surface area contributed by atoms with Crippen molar-refractivity contribution in [2.24, 2.45) is 0 Å². The van der Waals surface area contributed by atoms with Crippen molar-refractivity contribution < 1.29 is 24.2 Å². The zero-order chi connectivity index (χ0) is 18.7. The zero-order valence-electron chi connectivity index (χ0n) is 14.6. The van der Waals surface area contributed by atoms with Gasteiger partial charge in [0.1, 0.15) is 0 Å². The summed E-state index contributed by atoms with van der Waals surface area (Å²) in [5, 5.41) is 11.9. The first-order valence-electron chi connectivity index (χ1n) is 8.15. The summed E-state index contributed by atoms with van der Waals surface area (Å²) in [6.45, 7) is 0.945. The number of urea groups is 1. The number of carboxylic acid groups (broad SMARTS) is 1. The number of anilines is 1. The third-order valence-electron chi connectivity index (χ3n) is 4.40. The smallest absolute Gasteiger partial charge is 0.337 e. The van der Waals surface area contributed by atoms with Crippen LogP contribution in [0.25, 0.3) is 0 Å². The second kappa shape index (κ2) is 7.35. The van der Waals surface area contributed by atoms with Crippen LogP contribution in [0.5, 0.6) is 11.5 Å². The van der Waals surface area contributed by atoms with Gasteiger partial charge in [-0.1, -0.05) is 12.1 Å². The van der Waals surface area contributed by atoms with Crippen LogP contribution >= 0.6 is 0 Å². The molecule has 3 rings (SSSR count). The van der Waals surface area contributed by atoms with E-state index in [-0.39, 0.29) is 17.3 Å². The maximum absolute atomic E-state index is 12.6. The van der Waals surface area contributed by atoms with Gasteiger partial charge in [0.15, 0.2) is 11.5 Å². The van der Waals surface area contributed by atoms with Gasteiger partial charge in [-0.15, -0.1) is 0 Å². The van der Waals surface area contributed by atoms with E-state index in [1.165, 1.54) is 6.07 Å². The maximum Gasteiger partial charge on any atom is 0.337 e. The van der Waals surface area contributed by atoms with Crippen molar-refractivity contribution in [3.05, 3.63) is 53.1 Å². The highest BCUT2D eigenvalue weighted by molar-refractivity contribution is 6.00. The largest absolute Gasteiger partial charge is 0.493 e. The summed E-state index contributed by atoms with van der Waals surface area (Å²) in [6.07, 6.45) is 0.684. The van der Waals surface area contributed by atoms with Gasteiger partial charge in [0.05, 0.1) is 25.5 Å². The van der Waals surface area contributed by atoms with E-state index in [9.17, 15) is 14.7 Å². The number of carbonyl (C=O) groups is 2. The molecule has 0 radical (unpaired) electrons. The summed E-state index contributed by atoms with van der Waals surface area (Å²) >= 11 is 0. The fourth-order valence-electron chi connectivity index (χ4n) is 3.03. The molecule has 7 nitrogen and oxygen atoms in total. The Morgan fingerprint density at radius 3 is 2.38 bits per heavy atom. The van der Waals surface area contributed by atoms with Crippen LogP contribution in [0.1, 0.15) is 21.5 Å². The molecule has 2 aromatic carbocycles. The number of methoxy groups -OCH3 is 2. The monoisotopic (exact) mass is 356 g/mol. The lowest BCUT2D eigenvalue weighted by Gasteiger charge is -2.30. The molecule has 1 heterocycles. The Morgan fingerprint density at radius 1 is 1.08 bits per heavy atom. The predicted molar refractivity (Wildman–Crippen MR) is 96.1 cm³/mol. The molecule has 0 atom stereocenters. The summed E-state index contributed by atoms with van der Waals surface area (Å²) in [4.78, 5) is 25.5. The number of para-hydroxylation sites is 1. The standard InChI is InChI=1S/C19H20N2O5/c1-25-16-9-12-7-8-21(11-13(12)10-17(16)26-2)19(24)20-15-6-4-3-5-14(15)18(22)23/h3-6,9-10H,7-8,11H2,1-2H3,(H,20,24)(H,22,23). The normalized spacial score (nSPS) is 12.9. The molecule has 0 aliphatic carbocycles. The minimum absolute atomic E-state index is 0.0599. The van der Waals surface area contributed by atoms with Crippen molar-refractivity contribution >= 4 is 17.7 Å². The number of nitrogens with one attached hydrogen (secondary N) is 1. The number of fused-ring (bicyclic) bond motifs is 1. The van der Waals surface area contributed by atoms with E-state index in [0.717, 1.165) is 11.1 Å². The molecule has 0 fully saturated rings. The molecular weight excluding hydrogens is 336 g/mol. The van der Waals surface area contributed by atoms with Gasteiger partial charge in [0, 0.05) is 13.1 Å². The lowest BCUT2D eigenvalue weighted by Crippen LogP contribution is -2.39. The molecule has 0 saturated heterocycles. The highest BCUT2D eigenvalue weighted by Gasteiger charge is 2.23. The number of nitrogens with zero attached hydrogens (tertiary/aromatic N) is 1. The minimum Gasteiger partial charge on any atom is -0.493 e. The van der Waals surface area contributed by atoms with Gasteiger partial charge in [0.25, 0.3) is 0 Å². The number of hydrogen-bond acceptors (Lipinski definition) is 4. The highest BCUT2D eigenvalue weighted by Crippen LogP contribution is 2.33. The van der Waals surface area contributed by atoms with Crippen molar-refractivity contribution in [1.29, 1.82) is 0 Å². The summed E-state index contributed by atoms with van der Waals surface area (Å²) in [5.74, 6) is 0.200. The van der Waals surface area contributed by atoms with E-state index >= 15 is 0 Å². The van der Waals surface area contributed by atoms with Gasteiger partial charge in [-0.3, -0.25) is 0 Å². The summed E-state index contributed by atoms with van der Waals surface area (Å²) in [7, 11) is 3.16. The molecule has 1 aliphatic rings. The second-order valence-electron chi connectivity index (χ2n) is 5.93. The number of hydrogen-bond donors (Lipinski definition) is 2. The van der Waals surface area contributed by atoms with Gasteiger partial charge in [-0.05, 0) is 41.8 Å². The first-order chi connectivity index (χ1) is 12.5. The van der Waals surface area contributed by atoms with Crippen LogP contribution in [0.3, 0.4) is 0 Å². The first kappa shape index (κ1) is 17.6. The van der Waals surface area contributed by atoms with E-state index in [1.54, 1.807) is 37.3 Å². The second-order valence-corrected chi connectivity index (χ2v) is 5.93. The van der Waals surface area contributed by atoms with Crippen molar-refractivity contribution in [2.45, 2.75) is 13.0 Å². The van der Waals surface area contributed by atoms with E-state index in [0.29, 0.717) is 31.0 Å². The number of benzene rings is 2. The molecule has 0 spiro atoms. The zero-order valence-corrected chi connectivity index (χ0v) is 14.6. The topological polar surface area (TPSA) is 88.1 Å². The molecule has 2 N–H and O–H groups in total. The Kier molecular flexibility index (Phi) is 4.97. The number of rotatable bonds is 4. The lowest BCUT2D eigenvalue weighted by molar-refractivity contribution is 0.0698.